The van der Waals surface area contributed by atoms with E-state index in [-0.39, 0.29) is 5.56 Å². The third-order valence-electron chi connectivity index (χ3n) is 4.89. The van der Waals surface area contributed by atoms with E-state index in [1.165, 1.54) is 4.40 Å². The standard InChI is InChI=1S/C21H19ClN2O4/c1-26-16-8-5-13(19(27-2)20(16)28-3)10-12-4-7-15-18(12)23-17-9-6-14(22)11-24(17)21(15)25/h5-6,8-11H,4,7H2,1-3H3/b12-10+. The molecule has 0 saturated heterocycles. The van der Waals surface area contributed by atoms with Gasteiger partial charge in [0.25, 0.3) is 5.56 Å². The minimum absolute atomic E-state index is 0.0785. The van der Waals surface area contributed by atoms with Crippen molar-refractivity contribution in [2.45, 2.75) is 12.8 Å². The second-order valence-electron chi connectivity index (χ2n) is 6.41. The molecule has 0 bridgehead atoms. The van der Waals surface area contributed by atoms with Gasteiger partial charge in [-0.1, -0.05) is 11.6 Å². The van der Waals surface area contributed by atoms with E-state index in [1.54, 1.807) is 39.7 Å². The molecule has 2 aromatic heterocycles. The molecular formula is C21H19ClN2O4. The minimum Gasteiger partial charge on any atom is -0.493 e. The number of halogens is 1. The molecule has 1 aliphatic carbocycles. The van der Waals surface area contributed by atoms with Gasteiger partial charge >= 0.3 is 0 Å². The first kappa shape index (κ1) is 18.4. The Morgan fingerprint density at radius 3 is 2.54 bits per heavy atom. The molecule has 0 unspecified atom stereocenters. The van der Waals surface area contributed by atoms with Gasteiger partial charge in [0.15, 0.2) is 11.5 Å². The van der Waals surface area contributed by atoms with Gasteiger partial charge in [-0.05, 0) is 48.8 Å². The summed E-state index contributed by atoms with van der Waals surface area (Å²) in [5.41, 5.74) is 3.73. The molecule has 0 atom stereocenters. The van der Waals surface area contributed by atoms with Crippen molar-refractivity contribution in [1.82, 2.24) is 9.38 Å². The number of aromatic nitrogens is 2. The molecule has 3 aromatic rings. The number of hydrogen-bond acceptors (Lipinski definition) is 5. The number of pyridine rings is 1. The molecule has 0 amide bonds. The predicted octanol–water partition coefficient (Wildman–Crippen LogP) is 3.86. The van der Waals surface area contributed by atoms with Gasteiger partial charge in [0.2, 0.25) is 5.75 Å². The molecule has 0 radical (unpaired) electrons. The number of methoxy groups -OCH3 is 3. The molecule has 0 spiro atoms. The number of ether oxygens (including phenoxy) is 3. The Morgan fingerprint density at radius 1 is 1.04 bits per heavy atom. The smallest absolute Gasteiger partial charge is 0.261 e. The lowest BCUT2D eigenvalue weighted by molar-refractivity contribution is 0.324. The van der Waals surface area contributed by atoms with Crippen LogP contribution < -0.4 is 19.8 Å². The predicted molar refractivity (Wildman–Crippen MR) is 109 cm³/mol. The van der Waals surface area contributed by atoms with Gasteiger partial charge in [-0.15, -0.1) is 0 Å². The topological polar surface area (TPSA) is 62.1 Å². The summed E-state index contributed by atoms with van der Waals surface area (Å²) in [6, 6.07) is 7.20. The molecule has 4 rings (SSSR count). The van der Waals surface area contributed by atoms with Gasteiger partial charge in [-0.25, -0.2) is 4.98 Å². The summed E-state index contributed by atoms with van der Waals surface area (Å²) in [4.78, 5) is 17.6. The Kier molecular flexibility index (Phi) is 4.73. The monoisotopic (exact) mass is 398 g/mol. The molecule has 144 valence electrons. The molecule has 0 fully saturated rings. The summed E-state index contributed by atoms with van der Waals surface area (Å²) < 4.78 is 17.9. The van der Waals surface area contributed by atoms with Crippen LogP contribution in [0.5, 0.6) is 17.2 Å². The second kappa shape index (κ2) is 7.20. The Labute approximate surface area is 167 Å². The number of fused-ring (bicyclic) bond motifs is 2. The number of hydrogen-bond donors (Lipinski definition) is 0. The molecule has 6 nitrogen and oxygen atoms in total. The highest BCUT2D eigenvalue weighted by atomic mass is 35.5. The Morgan fingerprint density at radius 2 is 1.82 bits per heavy atom. The lowest BCUT2D eigenvalue weighted by atomic mass is 10.1. The van der Waals surface area contributed by atoms with Gasteiger partial charge < -0.3 is 14.2 Å². The molecule has 7 heteroatoms. The van der Waals surface area contributed by atoms with Crippen LogP contribution >= 0.6 is 11.6 Å². The maximum absolute atomic E-state index is 12.9. The molecule has 1 aromatic carbocycles. The normalized spacial score (nSPS) is 14.4. The van der Waals surface area contributed by atoms with Crippen molar-refractivity contribution >= 4 is 28.9 Å². The first-order valence-corrected chi connectivity index (χ1v) is 9.16. The zero-order chi connectivity index (χ0) is 19.8. The van der Waals surface area contributed by atoms with Crippen LogP contribution in [0.15, 0.2) is 35.3 Å². The van der Waals surface area contributed by atoms with Gasteiger partial charge in [0.05, 0.1) is 32.0 Å². The van der Waals surface area contributed by atoms with E-state index in [0.29, 0.717) is 39.9 Å². The van der Waals surface area contributed by atoms with Gasteiger partial charge in [0, 0.05) is 17.3 Å². The molecule has 0 saturated carbocycles. The lowest BCUT2D eigenvalue weighted by Crippen LogP contribution is -2.19. The van der Waals surface area contributed by atoms with E-state index < -0.39 is 0 Å². The highest BCUT2D eigenvalue weighted by Gasteiger charge is 2.24. The fraction of sp³-hybridized carbons (Fsp3) is 0.238. The van der Waals surface area contributed by atoms with E-state index in [2.05, 4.69) is 0 Å². The third-order valence-corrected chi connectivity index (χ3v) is 5.12. The van der Waals surface area contributed by atoms with Crippen LogP contribution in [0.3, 0.4) is 0 Å². The largest absolute Gasteiger partial charge is 0.493 e. The molecule has 28 heavy (non-hydrogen) atoms. The first-order valence-electron chi connectivity index (χ1n) is 8.78. The molecular weight excluding hydrogens is 380 g/mol. The maximum Gasteiger partial charge on any atom is 0.261 e. The fourth-order valence-electron chi connectivity index (χ4n) is 3.58. The van der Waals surface area contributed by atoms with E-state index in [9.17, 15) is 4.79 Å². The zero-order valence-electron chi connectivity index (χ0n) is 15.8. The number of allylic oxidation sites excluding steroid dienone is 1. The SMILES string of the molecule is COc1ccc(/C=C2\CCc3c2nc2ccc(Cl)cn2c3=O)c(OC)c1OC. The van der Waals surface area contributed by atoms with E-state index in [4.69, 9.17) is 30.8 Å². The average Bonchev–Trinajstić information content (AvgIpc) is 3.11. The van der Waals surface area contributed by atoms with Crippen LogP contribution in [0, 0.1) is 0 Å². The van der Waals surface area contributed by atoms with Crippen molar-refractivity contribution in [3.8, 4) is 17.2 Å². The van der Waals surface area contributed by atoms with Crippen LogP contribution in [-0.4, -0.2) is 30.7 Å². The van der Waals surface area contributed by atoms with Crippen molar-refractivity contribution in [2.75, 3.05) is 21.3 Å². The number of rotatable bonds is 4. The molecule has 1 aliphatic rings. The summed E-state index contributed by atoms with van der Waals surface area (Å²) >= 11 is 6.03. The Hall–Kier alpha value is -2.99. The average molecular weight is 399 g/mol. The summed E-state index contributed by atoms with van der Waals surface area (Å²) in [6.45, 7) is 0. The van der Waals surface area contributed by atoms with Crippen molar-refractivity contribution in [1.29, 1.82) is 0 Å². The van der Waals surface area contributed by atoms with Gasteiger partial charge in [0.1, 0.15) is 5.65 Å². The molecule has 0 aliphatic heterocycles. The minimum atomic E-state index is -0.0785. The van der Waals surface area contributed by atoms with Crippen LogP contribution in [0.1, 0.15) is 23.2 Å². The van der Waals surface area contributed by atoms with Gasteiger partial charge in [-0.2, -0.15) is 0 Å². The van der Waals surface area contributed by atoms with E-state index in [0.717, 1.165) is 23.3 Å². The highest BCUT2D eigenvalue weighted by molar-refractivity contribution is 6.30. The Balaban J connectivity index is 1.88. The van der Waals surface area contributed by atoms with Crippen LogP contribution in [0.4, 0.5) is 0 Å². The van der Waals surface area contributed by atoms with Crippen molar-refractivity contribution < 1.29 is 14.2 Å². The molecule has 2 heterocycles. The zero-order valence-corrected chi connectivity index (χ0v) is 16.5. The summed E-state index contributed by atoms with van der Waals surface area (Å²) in [6.07, 6.45) is 4.95. The summed E-state index contributed by atoms with van der Waals surface area (Å²) in [7, 11) is 4.74. The second-order valence-corrected chi connectivity index (χ2v) is 6.85. The lowest BCUT2D eigenvalue weighted by Gasteiger charge is -2.14. The number of nitrogens with zero attached hydrogens (tertiary/aromatic N) is 2. The third kappa shape index (κ3) is 2.90. The first-order chi connectivity index (χ1) is 13.6. The van der Waals surface area contributed by atoms with Crippen molar-refractivity contribution in [2.24, 2.45) is 0 Å². The Bertz CT molecular complexity index is 1170. The van der Waals surface area contributed by atoms with E-state index in [1.807, 2.05) is 18.2 Å². The molecule has 0 N–H and O–H groups in total. The highest BCUT2D eigenvalue weighted by Crippen LogP contribution is 2.42. The summed E-state index contributed by atoms with van der Waals surface area (Å²) in [5.74, 6) is 1.69. The van der Waals surface area contributed by atoms with Crippen molar-refractivity contribution in [3.05, 3.63) is 62.7 Å². The van der Waals surface area contributed by atoms with Crippen LogP contribution in [0.25, 0.3) is 17.3 Å². The maximum atomic E-state index is 12.9. The van der Waals surface area contributed by atoms with Crippen molar-refractivity contribution in [3.63, 3.8) is 0 Å². The van der Waals surface area contributed by atoms with Crippen LogP contribution in [-0.2, 0) is 6.42 Å². The van der Waals surface area contributed by atoms with Gasteiger partial charge in [-0.3, -0.25) is 9.20 Å². The number of benzene rings is 1. The van der Waals surface area contributed by atoms with E-state index >= 15 is 0 Å². The quantitative estimate of drug-likeness (QED) is 0.667. The van der Waals surface area contributed by atoms with Crippen LogP contribution in [0.2, 0.25) is 5.02 Å². The fourth-order valence-corrected chi connectivity index (χ4v) is 3.75. The summed E-state index contributed by atoms with van der Waals surface area (Å²) in [5, 5.41) is 0.500.